The number of carbonyl (C=O) groups is 3. The summed E-state index contributed by atoms with van der Waals surface area (Å²) in [5.74, 6) is -0.0262. The van der Waals surface area contributed by atoms with Gasteiger partial charge in [0.2, 0.25) is 5.91 Å². The molecular weight excluding hydrogens is 414 g/mol. The van der Waals surface area contributed by atoms with E-state index >= 15 is 0 Å². The van der Waals surface area contributed by atoms with Crippen LogP contribution >= 0.6 is 23.1 Å². The van der Waals surface area contributed by atoms with Crippen molar-refractivity contribution in [2.75, 3.05) is 32.3 Å². The number of hydrogen-bond acceptors (Lipinski definition) is 8. The van der Waals surface area contributed by atoms with Crippen LogP contribution in [0.1, 0.15) is 51.2 Å². The maximum absolute atomic E-state index is 12.5. The van der Waals surface area contributed by atoms with Crippen molar-refractivity contribution in [3.05, 3.63) is 21.8 Å². The average Bonchev–Trinajstić information content (AvgIpc) is 3.18. The van der Waals surface area contributed by atoms with Gasteiger partial charge in [-0.15, -0.1) is 21.5 Å². The van der Waals surface area contributed by atoms with Gasteiger partial charge in [-0.2, -0.15) is 0 Å². The SMILES string of the molecule is COC(=O)c1c(NC(=O)CSc2nnc(C(C)C)n2C)sc(C(=O)N(C)C)c1C. The third-order valence-electron chi connectivity index (χ3n) is 4.11. The number of thiophene rings is 1. The Bertz CT molecular complexity index is 933. The van der Waals surface area contributed by atoms with Crippen LogP contribution in [0.25, 0.3) is 0 Å². The smallest absolute Gasteiger partial charge is 0.341 e. The van der Waals surface area contributed by atoms with Crippen LogP contribution in [-0.4, -0.2) is 64.4 Å². The van der Waals surface area contributed by atoms with E-state index in [1.165, 1.54) is 23.8 Å². The predicted molar refractivity (Wildman–Crippen MR) is 113 cm³/mol. The van der Waals surface area contributed by atoms with E-state index in [0.717, 1.165) is 17.2 Å². The van der Waals surface area contributed by atoms with Crippen LogP contribution in [0.2, 0.25) is 0 Å². The number of thioether (sulfide) groups is 1. The van der Waals surface area contributed by atoms with Crippen molar-refractivity contribution in [3.8, 4) is 0 Å². The largest absolute Gasteiger partial charge is 0.465 e. The fraction of sp³-hybridized carbons (Fsp3) is 0.500. The highest BCUT2D eigenvalue weighted by Crippen LogP contribution is 2.34. The Kier molecular flexibility index (Phi) is 7.42. The first-order chi connectivity index (χ1) is 13.6. The summed E-state index contributed by atoms with van der Waals surface area (Å²) in [5, 5.41) is 11.9. The van der Waals surface area contributed by atoms with Gasteiger partial charge >= 0.3 is 5.97 Å². The van der Waals surface area contributed by atoms with Crippen molar-refractivity contribution >= 4 is 45.9 Å². The minimum Gasteiger partial charge on any atom is -0.465 e. The Morgan fingerprint density at radius 3 is 2.45 bits per heavy atom. The van der Waals surface area contributed by atoms with E-state index in [1.54, 1.807) is 21.0 Å². The van der Waals surface area contributed by atoms with Gasteiger partial charge in [-0.1, -0.05) is 25.6 Å². The molecule has 0 saturated carbocycles. The molecule has 11 heteroatoms. The van der Waals surface area contributed by atoms with Gasteiger partial charge in [-0.3, -0.25) is 9.59 Å². The number of amides is 2. The standard InChI is InChI=1S/C18H25N5O4S2/c1-9(2)14-20-21-18(23(14)6)28-8-11(24)19-15-12(17(26)27-7)10(3)13(29-15)16(25)22(4)5/h9H,8H2,1-7H3,(H,19,24). The van der Waals surface area contributed by atoms with E-state index in [0.29, 0.717) is 20.6 Å². The number of methoxy groups -OCH3 is 1. The molecule has 9 nitrogen and oxygen atoms in total. The zero-order valence-corrected chi connectivity index (χ0v) is 19.2. The van der Waals surface area contributed by atoms with Gasteiger partial charge in [0.15, 0.2) is 5.16 Å². The van der Waals surface area contributed by atoms with Crippen LogP contribution in [0, 0.1) is 6.92 Å². The first-order valence-corrected chi connectivity index (χ1v) is 10.6. The summed E-state index contributed by atoms with van der Waals surface area (Å²) in [7, 11) is 6.36. The molecule has 1 N–H and O–H groups in total. The van der Waals surface area contributed by atoms with Gasteiger partial charge in [0.1, 0.15) is 10.8 Å². The summed E-state index contributed by atoms with van der Waals surface area (Å²) < 4.78 is 6.68. The quantitative estimate of drug-likeness (QED) is 0.522. The molecule has 0 atom stereocenters. The van der Waals surface area contributed by atoms with E-state index in [2.05, 4.69) is 15.5 Å². The summed E-state index contributed by atoms with van der Waals surface area (Å²) in [6.45, 7) is 5.70. The van der Waals surface area contributed by atoms with Crippen LogP contribution < -0.4 is 5.32 Å². The predicted octanol–water partition coefficient (Wildman–Crippen LogP) is 2.53. The van der Waals surface area contributed by atoms with Gasteiger partial charge in [-0.25, -0.2) is 4.79 Å². The molecule has 2 amide bonds. The van der Waals surface area contributed by atoms with Gasteiger partial charge in [-0.05, 0) is 12.5 Å². The normalized spacial score (nSPS) is 10.9. The molecule has 0 aliphatic heterocycles. The molecule has 2 heterocycles. The summed E-state index contributed by atoms with van der Waals surface area (Å²) in [5.41, 5.74) is 0.681. The van der Waals surface area contributed by atoms with E-state index < -0.39 is 5.97 Å². The molecule has 0 radical (unpaired) electrons. The number of hydrogen-bond donors (Lipinski definition) is 1. The number of nitrogens with one attached hydrogen (secondary N) is 1. The summed E-state index contributed by atoms with van der Waals surface area (Å²) in [6.07, 6.45) is 0. The van der Waals surface area contributed by atoms with E-state index in [-0.39, 0.29) is 29.0 Å². The van der Waals surface area contributed by atoms with Crippen molar-refractivity contribution in [3.63, 3.8) is 0 Å². The Morgan fingerprint density at radius 1 is 1.28 bits per heavy atom. The Hall–Kier alpha value is -2.40. The second kappa shape index (κ2) is 9.40. The van der Waals surface area contributed by atoms with E-state index in [1.807, 2.05) is 25.5 Å². The second-order valence-electron chi connectivity index (χ2n) is 6.84. The minimum absolute atomic E-state index is 0.0819. The minimum atomic E-state index is -0.602. The number of aromatic nitrogens is 3. The number of rotatable bonds is 7. The molecule has 0 aliphatic rings. The van der Waals surface area contributed by atoms with E-state index in [9.17, 15) is 14.4 Å². The highest BCUT2D eigenvalue weighted by Gasteiger charge is 2.27. The third-order valence-corrected chi connectivity index (χ3v) is 6.32. The van der Waals surface area contributed by atoms with Gasteiger partial charge < -0.3 is 19.5 Å². The molecule has 0 unspecified atom stereocenters. The molecule has 0 saturated heterocycles. The molecule has 0 aromatic carbocycles. The first kappa shape index (κ1) is 22.9. The van der Waals surface area contributed by atoms with Crippen molar-refractivity contribution in [2.24, 2.45) is 7.05 Å². The number of carbonyl (C=O) groups excluding carboxylic acids is 3. The Balaban J connectivity index is 2.20. The lowest BCUT2D eigenvalue weighted by Crippen LogP contribution is -2.21. The molecule has 0 aliphatic carbocycles. The lowest BCUT2D eigenvalue weighted by molar-refractivity contribution is -0.113. The Morgan fingerprint density at radius 2 is 1.93 bits per heavy atom. The number of nitrogens with zero attached hydrogens (tertiary/aromatic N) is 4. The van der Waals surface area contributed by atoms with Crippen molar-refractivity contribution in [1.29, 1.82) is 0 Å². The number of anilines is 1. The maximum atomic E-state index is 12.5. The average molecular weight is 440 g/mol. The molecule has 0 spiro atoms. The van der Waals surface area contributed by atoms with Crippen LogP contribution in [0.5, 0.6) is 0 Å². The fourth-order valence-electron chi connectivity index (χ4n) is 2.60. The molecule has 158 valence electrons. The first-order valence-electron chi connectivity index (χ1n) is 8.83. The van der Waals surface area contributed by atoms with Crippen LogP contribution in [0.3, 0.4) is 0 Å². The zero-order chi connectivity index (χ0) is 21.9. The van der Waals surface area contributed by atoms with Gasteiger partial charge in [0.25, 0.3) is 5.91 Å². The number of ether oxygens (including phenoxy) is 1. The highest BCUT2D eigenvalue weighted by molar-refractivity contribution is 7.99. The lowest BCUT2D eigenvalue weighted by Gasteiger charge is -2.08. The monoisotopic (exact) mass is 439 g/mol. The zero-order valence-electron chi connectivity index (χ0n) is 17.5. The van der Waals surface area contributed by atoms with Crippen LogP contribution in [-0.2, 0) is 16.6 Å². The van der Waals surface area contributed by atoms with Crippen LogP contribution in [0.4, 0.5) is 5.00 Å². The molecule has 0 bridgehead atoms. The van der Waals surface area contributed by atoms with Crippen molar-refractivity contribution in [2.45, 2.75) is 31.8 Å². The van der Waals surface area contributed by atoms with Gasteiger partial charge in [0, 0.05) is 27.1 Å². The summed E-state index contributed by atoms with van der Waals surface area (Å²) >= 11 is 2.31. The number of esters is 1. The molecule has 29 heavy (non-hydrogen) atoms. The Labute approximate surface area is 177 Å². The van der Waals surface area contributed by atoms with Crippen molar-refractivity contribution < 1.29 is 19.1 Å². The molecular formula is C18H25N5O4S2. The highest BCUT2D eigenvalue weighted by atomic mass is 32.2. The summed E-state index contributed by atoms with van der Waals surface area (Å²) in [6, 6.07) is 0. The molecule has 2 aromatic rings. The molecule has 2 rings (SSSR count). The van der Waals surface area contributed by atoms with Crippen molar-refractivity contribution in [1.82, 2.24) is 19.7 Å². The molecule has 2 aromatic heterocycles. The second-order valence-corrected chi connectivity index (χ2v) is 8.81. The fourth-order valence-corrected chi connectivity index (χ4v) is 4.55. The third kappa shape index (κ3) is 4.96. The lowest BCUT2D eigenvalue weighted by atomic mass is 10.1. The van der Waals surface area contributed by atoms with Gasteiger partial charge in [0.05, 0.1) is 23.3 Å². The molecule has 0 fully saturated rings. The summed E-state index contributed by atoms with van der Waals surface area (Å²) in [4.78, 5) is 38.9. The van der Waals surface area contributed by atoms with Crippen LogP contribution in [0.15, 0.2) is 5.16 Å². The topological polar surface area (TPSA) is 106 Å². The maximum Gasteiger partial charge on any atom is 0.341 e. The van der Waals surface area contributed by atoms with E-state index in [4.69, 9.17) is 4.74 Å².